The van der Waals surface area contributed by atoms with Crippen LogP contribution < -0.4 is 4.74 Å². The number of thiazole rings is 1. The van der Waals surface area contributed by atoms with Gasteiger partial charge in [-0.25, -0.2) is 4.98 Å². The molecule has 21 heavy (non-hydrogen) atoms. The Balaban J connectivity index is 1.90. The summed E-state index contributed by atoms with van der Waals surface area (Å²) in [6.45, 7) is 2.50. The largest absolute Gasteiger partial charge is 0.496 e. The first-order chi connectivity index (χ1) is 10.1. The van der Waals surface area contributed by atoms with Crippen molar-refractivity contribution < 1.29 is 9.53 Å². The van der Waals surface area contributed by atoms with Gasteiger partial charge in [-0.05, 0) is 13.0 Å². The van der Waals surface area contributed by atoms with Gasteiger partial charge in [-0.15, -0.1) is 11.3 Å². The van der Waals surface area contributed by atoms with Gasteiger partial charge in [0.1, 0.15) is 5.75 Å². The van der Waals surface area contributed by atoms with Crippen LogP contribution in [0.5, 0.6) is 5.75 Å². The van der Waals surface area contributed by atoms with E-state index in [-0.39, 0.29) is 5.91 Å². The van der Waals surface area contributed by atoms with Crippen molar-refractivity contribution in [2.45, 2.75) is 17.8 Å². The Morgan fingerprint density at radius 3 is 2.86 bits per heavy atom. The van der Waals surface area contributed by atoms with Crippen LogP contribution in [0, 0.1) is 6.92 Å². The number of ether oxygens (including phenoxy) is 1. The highest BCUT2D eigenvalue weighted by molar-refractivity contribution is 8.01. The zero-order valence-corrected chi connectivity index (χ0v) is 14.0. The second kappa shape index (κ2) is 7.47. The standard InChI is InChI=1S/C15H18N2O2S2/c1-11-9-20-15(16-11)21-10-14(18)17(2)8-12-6-4-5-7-13(12)19-3/h4-7,9H,8,10H2,1-3H3. The second-order valence-corrected chi connectivity index (χ2v) is 6.69. The maximum absolute atomic E-state index is 12.2. The molecule has 1 aromatic heterocycles. The van der Waals surface area contributed by atoms with Gasteiger partial charge in [0.15, 0.2) is 4.34 Å². The summed E-state index contributed by atoms with van der Waals surface area (Å²) in [6.07, 6.45) is 0. The predicted octanol–water partition coefficient (Wildman–Crippen LogP) is 3.21. The summed E-state index contributed by atoms with van der Waals surface area (Å²) in [5.74, 6) is 1.29. The third-order valence-corrected chi connectivity index (χ3v) is 5.07. The van der Waals surface area contributed by atoms with E-state index < -0.39 is 0 Å². The summed E-state index contributed by atoms with van der Waals surface area (Å²) in [4.78, 5) is 18.2. The van der Waals surface area contributed by atoms with Gasteiger partial charge < -0.3 is 9.64 Å². The van der Waals surface area contributed by atoms with E-state index in [9.17, 15) is 4.79 Å². The summed E-state index contributed by atoms with van der Waals surface area (Å²) in [5.41, 5.74) is 2.00. The molecule has 4 nitrogen and oxygen atoms in total. The minimum Gasteiger partial charge on any atom is -0.496 e. The van der Waals surface area contributed by atoms with Crippen molar-refractivity contribution in [2.75, 3.05) is 19.9 Å². The molecule has 0 aliphatic rings. The second-order valence-electron chi connectivity index (χ2n) is 4.61. The monoisotopic (exact) mass is 322 g/mol. The van der Waals surface area contributed by atoms with E-state index in [1.165, 1.54) is 11.8 Å². The van der Waals surface area contributed by atoms with Crippen molar-refractivity contribution >= 4 is 29.0 Å². The number of aryl methyl sites for hydroxylation is 1. The molecule has 0 aliphatic heterocycles. The van der Waals surface area contributed by atoms with Crippen molar-refractivity contribution in [3.05, 3.63) is 40.9 Å². The predicted molar refractivity (Wildman–Crippen MR) is 87.0 cm³/mol. The lowest BCUT2D eigenvalue weighted by atomic mass is 10.2. The van der Waals surface area contributed by atoms with Gasteiger partial charge in [-0.1, -0.05) is 30.0 Å². The van der Waals surface area contributed by atoms with E-state index in [2.05, 4.69) is 4.98 Å². The number of thioether (sulfide) groups is 1. The Morgan fingerprint density at radius 1 is 1.43 bits per heavy atom. The number of hydrogen-bond donors (Lipinski definition) is 0. The number of aromatic nitrogens is 1. The Morgan fingerprint density at radius 2 is 2.19 bits per heavy atom. The maximum atomic E-state index is 12.2. The van der Waals surface area contributed by atoms with E-state index in [1.54, 1.807) is 23.3 Å². The van der Waals surface area contributed by atoms with E-state index >= 15 is 0 Å². The SMILES string of the molecule is COc1ccccc1CN(C)C(=O)CSc1nc(C)cs1. The molecule has 0 fully saturated rings. The summed E-state index contributed by atoms with van der Waals surface area (Å²) in [6, 6.07) is 7.74. The fourth-order valence-corrected chi connectivity index (χ4v) is 3.60. The molecule has 1 aromatic carbocycles. The lowest BCUT2D eigenvalue weighted by Crippen LogP contribution is -2.27. The molecule has 1 heterocycles. The topological polar surface area (TPSA) is 42.4 Å². The highest BCUT2D eigenvalue weighted by Gasteiger charge is 2.13. The molecule has 0 unspecified atom stereocenters. The average Bonchev–Trinajstić information content (AvgIpc) is 2.91. The number of nitrogens with zero attached hydrogens (tertiary/aromatic N) is 2. The quantitative estimate of drug-likeness (QED) is 0.766. The number of carbonyl (C=O) groups is 1. The molecule has 6 heteroatoms. The van der Waals surface area contributed by atoms with E-state index in [0.29, 0.717) is 12.3 Å². The van der Waals surface area contributed by atoms with Gasteiger partial charge in [0, 0.05) is 30.2 Å². The zero-order chi connectivity index (χ0) is 15.2. The first-order valence-electron chi connectivity index (χ1n) is 6.51. The fourth-order valence-electron chi connectivity index (χ4n) is 1.81. The number of rotatable bonds is 6. The number of hydrogen-bond acceptors (Lipinski definition) is 5. The van der Waals surface area contributed by atoms with Crippen molar-refractivity contribution in [3.8, 4) is 5.75 Å². The lowest BCUT2D eigenvalue weighted by Gasteiger charge is -2.18. The van der Waals surface area contributed by atoms with E-state index in [0.717, 1.165) is 21.3 Å². The van der Waals surface area contributed by atoms with Gasteiger partial charge in [0.05, 0.1) is 12.9 Å². The first kappa shape index (κ1) is 15.9. The zero-order valence-electron chi connectivity index (χ0n) is 12.3. The summed E-state index contributed by atoms with van der Waals surface area (Å²) < 4.78 is 6.24. The number of para-hydroxylation sites is 1. The Labute approximate surface area is 133 Å². The molecule has 0 saturated heterocycles. The highest BCUT2D eigenvalue weighted by Crippen LogP contribution is 2.23. The van der Waals surface area contributed by atoms with Crippen LogP contribution >= 0.6 is 23.1 Å². The minimum atomic E-state index is 0.0822. The van der Waals surface area contributed by atoms with Crippen LogP contribution in [0.4, 0.5) is 0 Å². The molecule has 0 aliphatic carbocycles. The molecule has 0 spiro atoms. The van der Waals surface area contributed by atoms with Gasteiger partial charge in [0.2, 0.25) is 5.91 Å². The molecule has 0 N–H and O–H groups in total. The van der Waals surface area contributed by atoms with Gasteiger partial charge in [0.25, 0.3) is 0 Å². The van der Waals surface area contributed by atoms with Crippen LogP contribution in [0.2, 0.25) is 0 Å². The summed E-state index contributed by atoms with van der Waals surface area (Å²) in [7, 11) is 3.45. The smallest absolute Gasteiger partial charge is 0.233 e. The number of carbonyl (C=O) groups excluding carboxylic acids is 1. The third kappa shape index (κ3) is 4.47. The molecule has 112 valence electrons. The molecular formula is C15H18N2O2S2. The molecule has 1 amide bonds. The van der Waals surface area contributed by atoms with Crippen molar-refractivity contribution in [1.82, 2.24) is 9.88 Å². The summed E-state index contributed by atoms with van der Waals surface area (Å²) in [5, 5.41) is 1.99. The van der Waals surface area contributed by atoms with Crippen LogP contribution in [0.15, 0.2) is 34.0 Å². The minimum absolute atomic E-state index is 0.0822. The van der Waals surface area contributed by atoms with Crippen molar-refractivity contribution in [2.24, 2.45) is 0 Å². The van der Waals surface area contributed by atoms with Gasteiger partial charge in [-0.2, -0.15) is 0 Å². The lowest BCUT2D eigenvalue weighted by molar-refractivity contribution is -0.127. The van der Waals surface area contributed by atoms with Crippen LogP contribution in [0.1, 0.15) is 11.3 Å². The van der Waals surface area contributed by atoms with Crippen LogP contribution in [-0.2, 0) is 11.3 Å². The normalized spacial score (nSPS) is 10.4. The van der Waals surface area contributed by atoms with Crippen molar-refractivity contribution in [3.63, 3.8) is 0 Å². The van der Waals surface area contributed by atoms with Crippen LogP contribution in [0.25, 0.3) is 0 Å². The van der Waals surface area contributed by atoms with Gasteiger partial charge in [-0.3, -0.25) is 4.79 Å². The van der Waals surface area contributed by atoms with Gasteiger partial charge >= 0.3 is 0 Å². The molecule has 0 atom stereocenters. The molecular weight excluding hydrogens is 304 g/mol. The number of methoxy groups -OCH3 is 1. The Kier molecular flexibility index (Phi) is 5.64. The highest BCUT2D eigenvalue weighted by atomic mass is 32.2. The Hall–Kier alpha value is -1.53. The van der Waals surface area contributed by atoms with E-state index in [1.807, 2.05) is 43.6 Å². The molecule has 0 bridgehead atoms. The molecule has 2 aromatic rings. The van der Waals surface area contributed by atoms with Crippen molar-refractivity contribution in [1.29, 1.82) is 0 Å². The number of amides is 1. The number of benzene rings is 1. The Bertz CT molecular complexity index is 613. The van der Waals surface area contributed by atoms with E-state index in [4.69, 9.17) is 4.74 Å². The van der Waals surface area contributed by atoms with Crippen LogP contribution in [0.3, 0.4) is 0 Å². The molecule has 2 rings (SSSR count). The molecule has 0 radical (unpaired) electrons. The first-order valence-corrected chi connectivity index (χ1v) is 8.37. The molecule has 0 saturated carbocycles. The maximum Gasteiger partial charge on any atom is 0.233 e. The van der Waals surface area contributed by atoms with Crippen LogP contribution in [-0.4, -0.2) is 35.7 Å². The summed E-state index contributed by atoms with van der Waals surface area (Å²) >= 11 is 3.06. The third-order valence-electron chi connectivity index (χ3n) is 2.94. The fraction of sp³-hybridized carbons (Fsp3) is 0.333. The average molecular weight is 322 g/mol.